The van der Waals surface area contributed by atoms with Gasteiger partial charge in [0.2, 0.25) is 0 Å². The second-order valence-electron chi connectivity index (χ2n) is 9.77. The van der Waals surface area contributed by atoms with Crippen molar-refractivity contribution in [1.29, 1.82) is 0 Å². The van der Waals surface area contributed by atoms with E-state index in [1.165, 1.54) is 0 Å². The molecule has 2 heterocycles. The van der Waals surface area contributed by atoms with Crippen molar-refractivity contribution in [1.82, 2.24) is 14.9 Å². The second-order valence-corrected chi connectivity index (χ2v) is 12.0. The Morgan fingerprint density at radius 1 is 1.21 bits per heavy atom. The number of aliphatic hydroxyl groups is 1. The minimum absolute atomic E-state index is 0.0704. The molecule has 1 fully saturated rings. The Kier molecular flexibility index (Phi) is 7.15. The van der Waals surface area contributed by atoms with Gasteiger partial charge >= 0.3 is 6.05 Å². The standard InChI is InChI=1S/C28H31F2N3O4S/c1-3-33(28(29,30)17-34)12-5-13-37-24-11-10-22(25-23-14-18(2)16-31-27(23)32-26(24)25)19-6-4-7-21(15-19)38(35,36)20-8-9-20/h4,6-7,10-11,14-16,20,34H,3,5,8-9,12-13,17H2,1-2H3,(H,31,32). The third-order valence-electron chi connectivity index (χ3n) is 7.01. The number of aliphatic hydroxyl groups excluding tert-OH is 1. The molecule has 202 valence electrons. The Hall–Kier alpha value is -3.08. The molecule has 1 aliphatic carbocycles. The van der Waals surface area contributed by atoms with Gasteiger partial charge in [0.15, 0.2) is 9.84 Å². The molecule has 0 saturated heterocycles. The van der Waals surface area contributed by atoms with Gasteiger partial charge in [0.05, 0.1) is 22.3 Å². The van der Waals surface area contributed by atoms with Gasteiger partial charge in [-0.3, -0.25) is 0 Å². The minimum Gasteiger partial charge on any atom is -0.491 e. The molecule has 7 nitrogen and oxygen atoms in total. The van der Waals surface area contributed by atoms with E-state index in [9.17, 15) is 17.2 Å². The Labute approximate surface area is 220 Å². The molecule has 0 bridgehead atoms. The molecule has 0 amide bonds. The van der Waals surface area contributed by atoms with Gasteiger partial charge in [-0.05, 0) is 73.2 Å². The number of H-pyrrole nitrogens is 1. The first-order valence-corrected chi connectivity index (χ1v) is 14.3. The summed E-state index contributed by atoms with van der Waals surface area (Å²) in [4.78, 5) is 9.11. The molecule has 2 aromatic carbocycles. The normalized spacial score (nSPS) is 14.6. The van der Waals surface area contributed by atoms with Gasteiger partial charge in [-0.25, -0.2) is 18.3 Å². The largest absolute Gasteiger partial charge is 0.491 e. The van der Waals surface area contributed by atoms with Crippen LogP contribution in [0, 0.1) is 6.92 Å². The first kappa shape index (κ1) is 26.5. The summed E-state index contributed by atoms with van der Waals surface area (Å²) in [6, 6.07) is 9.49. The molecule has 2 aromatic heterocycles. The number of nitrogens with zero attached hydrogens (tertiary/aromatic N) is 2. The number of fused-ring (bicyclic) bond motifs is 3. The number of rotatable bonds is 11. The smallest absolute Gasteiger partial charge is 0.327 e. The number of nitrogens with one attached hydrogen (secondary N) is 1. The van der Waals surface area contributed by atoms with E-state index in [-0.39, 0.29) is 24.9 Å². The molecule has 1 aliphatic rings. The molecule has 0 aliphatic heterocycles. The van der Waals surface area contributed by atoms with Gasteiger partial charge in [0, 0.05) is 30.1 Å². The van der Waals surface area contributed by atoms with Crippen LogP contribution < -0.4 is 4.74 Å². The lowest BCUT2D eigenvalue weighted by molar-refractivity contribution is -0.172. The minimum atomic E-state index is -3.35. The van der Waals surface area contributed by atoms with Crippen LogP contribution in [0.1, 0.15) is 31.7 Å². The summed E-state index contributed by atoms with van der Waals surface area (Å²) in [6.07, 6.45) is 3.50. The van der Waals surface area contributed by atoms with E-state index in [1.54, 1.807) is 31.3 Å². The summed E-state index contributed by atoms with van der Waals surface area (Å²) < 4.78 is 59.6. The average Bonchev–Trinajstić information content (AvgIpc) is 3.71. The zero-order valence-corrected chi connectivity index (χ0v) is 22.2. The lowest BCUT2D eigenvalue weighted by Crippen LogP contribution is -2.45. The molecule has 10 heteroatoms. The summed E-state index contributed by atoms with van der Waals surface area (Å²) in [5.41, 5.74) is 3.97. The van der Waals surface area contributed by atoms with Crippen LogP contribution in [0.3, 0.4) is 0 Å². The Bertz CT molecular complexity index is 1580. The van der Waals surface area contributed by atoms with Crippen LogP contribution in [0.2, 0.25) is 0 Å². The van der Waals surface area contributed by atoms with Crippen LogP contribution in [-0.2, 0) is 9.84 Å². The fourth-order valence-corrected chi connectivity index (χ4v) is 6.53. The van der Waals surface area contributed by atoms with E-state index >= 15 is 0 Å². The molecule has 0 radical (unpaired) electrons. The maximum atomic E-state index is 13.9. The molecule has 0 atom stereocenters. The highest BCUT2D eigenvalue weighted by Crippen LogP contribution is 2.40. The maximum absolute atomic E-state index is 13.9. The number of alkyl halides is 2. The average molecular weight is 544 g/mol. The molecule has 38 heavy (non-hydrogen) atoms. The summed E-state index contributed by atoms with van der Waals surface area (Å²) in [5, 5.41) is 10.4. The van der Waals surface area contributed by atoms with Crippen LogP contribution in [0.25, 0.3) is 33.1 Å². The van der Waals surface area contributed by atoms with Gasteiger partial charge in [0.1, 0.15) is 18.0 Å². The van der Waals surface area contributed by atoms with Crippen molar-refractivity contribution in [2.24, 2.45) is 0 Å². The van der Waals surface area contributed by atoms with Crippen molar-refractivity contribution < 1.29 is 27.0 Å². The number of aromatic amines is 1. The molecular formula is C28H31F2N3O4S. The van der Waals surface area contributed by atoms with Crippen LogP contribution in [-0.4, -0.2) is 66.0 Å². The number of hydrogen-bond acceptors (Lipinski definition) is 6. The second kappa shape index (κ2) is 10.2. The predicted octanol–water partition coefficient (Wildman–Crippen LogP) is 5.30. The van der Waals surface area contributed by atoms with E-state index in [0.717, 1.165) is 32.4 Å². The zero-order chi connectivity index (χ0) is 27.1. The van der Waals surface area contributed by atoms with E-state index < -0.39 is 22.5 Å². The highest BCUT2D eigenvalue weighted by atomic mass is 32.2. The van der Waals surface area contributed by atoms with E-state index in [2.05, 4.69) is 9.97 Å². The number of ether oxygens (including phenoxy) is 1. The number of halogens is 2. The van der Waals surface area contributed by atoms with Gasteiger partial charge in [-0.2, -0.15) is 8.78 Å². The van der Waals surface area contributed by atoms with E-state index in [0.29, 0.717) is 41.1 Å². The quantitative estimate of drug-likeness (QED) is 0.197. The first-order valence-electron chi connectivity index (χ1n) is 12.8. The lowest BCUT2D eigenvalue weighted by Gasteiger charge is -2.28. The SMILES string of the molecule is CCN(CCCOc1ccc(-c2cccc(S(=O)(=O)C3CC3)c2)c2c1[nH]c1ncc(C)cc12)C(F)(F)CO. The van der Waals surface area contributed by atoms with Crippen molar-refractivity contribution >= 4 is 31.8 Å². The Morgan fingerprint density at radius 2 is 2.00 bits per heavy atom. The molecule has 0 spiro atoms. The molecule has 2 N–H and O–H groups in total. The Balaban J connectivity index is 1.50. The third-order valence-corrected chi connectivity index (χ3v) is 9.27. The lowest BCUT2D eigenvalue weighted by atomic mass is 9.99. The third kappa shape index (κ3) is 5.00. The predicted molar refractivity (Wildman–Crippen MR) is 143 cm³/mol. The molecule has 4 aromatic rings. The number of aromatic nitrogens is 2. The summed E-state index contributed by atoms with van der Waals surface area (Å²) in [5.74, 6) is 0.554. The maximum Gasteiger partial charge on any atom is 0.327 e. The summed E-state index contributed by atoms with van der Waals surface area (Å²) >= 11 is 0. The number of sulfone groups is 1. The number of aryl methyl sites for hydroxylation is 1. The monoisotopic (exact) mass is 543 g/mol. The van der Waals surface area contributed by atoms with Crippen molar-refractivity contribution in [3.63, 3.8) is 0 Å². The Morgan fingerprint density at radius 3 is 2.71 bits per heavy atom. The molecule has 0 unspecified atom stereocenters. The van der Waals surface area contributed by atoms with Crippen LogP contribution >= 0.6 is 0 Å². The van der Waals surface area contributed by atoms with Crippen molar-refractivity contribution in [2.75, 3.05) is 26.3 Å². The van der Waals surface area contributed by atoms with Crippen LogP contribution in [0.5, 0.6) is 5.75 Å². The fourth-order valence-electron chi connectivity index (χ4n) is 4.83. The highest BCUT2D eigenvalue weighted by Gasteiger charge is 2.37. The van der Waals surface area contributed by atoms with E-state index in [1.807, 2.05) is 31.2 Å². The fraction of sp³-hybridized carbons (Fsp3) is 0.393. The number of hydrogen-bond donors (Lipinski definition) is 2. The summed E-state index contributed by atoms with van der Waals surface area (Å²) in [7, 11) is -3.35. The number of pyridine rings is 1. The number of likely N-dealkylation sites (N-methyl/N-ethyl adjacent to an activating group) is 1. The van der Waals surface area contributed by atoms with Crippen molar-refractivity contribution in [2.45, 2.75) is 49.3 Å². The molecule has 5 rings (SSSR count). The number of benzene rings is 2. The van der Waals surface area contributed by atoms with Crippen molar-refractivity contribution in [3.8, 4) is 16.9 Å². The van der Waals surface area contributed by atoms with Crippen molar-refractivity contribution in [3.05, 3.63) is 54.2 Å². The summed E-state index contributed by atoms with van der Waals surface area (Å²) in [6.45, 7) is 2.72. The van der Waals surface area contributed by atoms with Gasteiger partial charge in [-0.1, -0.05) is 19.1 Å². The van der Waals surface area contributed by atoms with Gasteiger partial charge in [0.25, 0.3) is 0 Å². The highest BCUT2D eigenvalue weighted by molar-refractivity contribution is 7.92. The van der Waals surface area contributed by atoms with Crippen LogP contribution in [0.15, 0.2) is 53.6 Å². The first-order chi connectivity index (χ1) is 18.2. The topological polar surface area (TPSA) is 95.5 Å². The van der Waals surface area contributed by atoms with Crippen LogP contribution in [0.4, 0.5) is 8.78 Å². The van der Waals surface area contributed by atoms with Gasteiger partial charge < -0.3 is 14.8 Å². The zero-order valence-electron chi connectivity index (χ0n) is 21.4. The molecular weight excluding hydrogens is 512 g/mol. The molecule has 1 saturated carbocycles. The van der Waals surface area contributed by atoms with E-state index in [4.69, 9.17) is 9.84 Å². The van der Waals surface area contributed by atoms with Gasteiger partial charge in [-0.15, -0.1) is 0 Å².